The molecule has 0 aromatic heterocycles. The Morgan fingerprint density at radius 1 is 1.19 bits per heavy atom. The van der Waals surface area contributed by atoms with Crippen molar-refractivity contribution in [2.75, 3.05) is 7.05 Å². The van der Waals surface area contributed by atoms with Crippen molar-refractivity contribution in [1.82, 2.24) is 4.90 Å². The van der Waals surface area contributed by atoms with Crippen LogP contribution in [0, 0.1) is 0 Å². The highest BCUT2D eigenvalue weighted by Gasteiger charge is 2.55. The normalized spacial score (nSPS) is 32.1. The van der Waals surface area contributed by atoms with E-state index in [0.717, 1.165) is 0 Å². The molecule has 0 aromatic rings. The Morgan fingerprint density at radius 3 is 2.12 bits per heavy atom. The van der Waals surface area contributed by atoms with Gasteiger partial charge in [-0.25, -0.2) is 4.90 Å². The molecule has 2 aliphatic rings. The highest BCUT2D eigenvalue weighted by Crippen LogP contribution is 2.40. The third-order valence-electron chi connectivity index (χ3n) is 4.70. The Kier molecular flexibility index (Phi) is 3.00. The number of fused-ring (bicyclic) bond motifs is 1. The van der Waals surface area contributed by atoms with Crippen molar-refractivity contribution in [1.29, 1.82) is 0 Å². The van der Waals surface area contributed by atoms with E-state index in [0.29, 0.717) is 12.1 Å². The summed E-state index contributed by atoms with van der Waals surface area (Å²) in [6, 6.07) is 1.22. The number of amidine groups is 1. The molecular formula is C14H27N2+. The van der Waals surface area contributed by atoms with Crippen LogP contribution in [0.2, 0.25) is 0 Å². The van der Waals surface area contributed by atoms with E-state index in [-0.39, 0.29) is 13.0 Å². The van der Waals surface area contributed by atoms with Gasteiger partial charge in [0.1, 0.15) is 17.6 Å². The molecule has 0 saturated heterocycles. The average molecular weight is 223 g/mol. The fraction of sp³-hybridized carbons (Fsp3) is 0.786. The lowest BCUT2D eigenvalue weighted by molar-refractivity contribution is -0.526. The van der Waals surface area contributed by atoms with Crippen molar-refractivity contribution in [3.05, 3.63) is 11.1 Å². The molecule has 0 N–H and O–H groups in total. The number of likely N-dealkylation sites (N-methyl/N-ethyl adjacent to an activating group) is 1. The molecule has 2 atom stereocenters. The van der Waals surface area contributed by atoms with E-state index in [4.69, 9.17) is 0 Å². The fourth-order valence-corrected chi connectivity index (χ4v) is 3.12. The summed E-state index contributed by atoms with van der Waals surface area (Å²) in [6.07, 6.45) is 0. The SMILES string of the molecule is C.CC1=C(C)C(C)(C)N2C1=[N+](C)C(C)C2C. The summed E-state index contributed by atoms with van der Waals surface area (Å²) >= 11 is 0. The maximum absolute atomic E-state index is 2.59. The van der Waals surface area contributed by atoms with E-state index >= 15 is 0 Å². The van der Waals surface area contributed by atoms with Crippen molar-refractivity contribution >= 4 is 5.84 Å². The van der Waals surface area contributed by atoms with Gasteiger partial charge in [-0.15, -0.1) is 0 Å². The summed E-state index contributed by atoms with van der Waals surface area (Å²) in [6.45, 7) is 13.8. The molecule has 2 heteroatoms. The molecule has 2 unspecified atom stereocenters. The predicted molar refractivity (Wildman–Crippen MR) is 71.1 cm³/mol. The van der Waals surface area contributed by atoms with Gasteiger partial charge in [-0.2, -0.15) is 0 Å². The van der Waals surface area contributed by atoms with Crippen molar-refractivity contribution in [3.63, 3.8) is 0 Å². The summed E-state index contributed by atoms with van der Waals surface area (Å²) in [5.74, 6) is 1.44. The van der Waals surface area contributed by atoms with Gasteiger partial charge in [0.2, 0.25) is 0 Å². The molecular weight excluding hydrogens is 196 g/mol. The molecule has 2 heterocycles. The van der Waals surface area contributed by atoms with Gasteiger partial charge < -0.3 is 0 Å². The zero-order chi connectivity index (χ0) is 11.5. The van der Waals surface area contributed by atoms with Crippen molar-refractivity contribution < 1.29 is 4.58 Å². The van der Waals surface area contributed by atoms with Crippen molar-refractivity contribution in [2.24, 2.45) is 0 Å². The quantitative estimate of drug-likeness (QED) is 0.572. The molecule has 0 aliphatic carbocycles. The number of rotatable bonds is 0. The van der Waals surface area contributed by atoms with Gasteiger partial charge in [-0.3, -0.25) is 4.58 Å². The van der Waals surface area contributed by atoms with E-state index < -0.39 is 0 Å². The molecule has 0 amide bonds. The molecule has 2 aliphatic heterocycles. The van der Waals surface area contributed by atoms with Gasteiger partial charge in [0.15, 0.2) is 0 Å². The van der Waals surface area contributed by atoms with Crippen LogP contribution in [0.1, 0.15) is 49.0 Å². The second kappa shape index (κ2) is 3.61. The largest absolute Gasteiger partial charge is 0.276 e. The first-order chi connectivity index (χ1) is 6.80. The second-order valence-corrected chi connectivity index (χ2v) is 5.59. The summed E-state index contributed by atoms with van der Waals surface area (Å²) in [5, 5.41) is 0. The Labute approximate surface area is 101 Å². The molecule has 0 spiro atoms. The second-order valence-electron chi connectivity index (χ2n) is 5.59. The zero-order valence-corrected chi connectivity index (χ0v) is 11.0. The Hall–Kier alpha value is -0.790. The topological polar surface area (TPSA) is 6.25 Å². The van der Waals surface area contributed by atoms with Crippen LogP contribution in [0.15, 0.2) is 11.1 Å². The Morgan fingerprint density at radius 2 is 1.69 bits per heavy atom. The van der Waals surface area contributed by atoms with Crippen molar-refractivity contribution in [3.8, 4) is 0 Å². The van der Waals surface area contributed by atoms with E-state index in [1.807, 2.05) is 0 Å². The standard InChI is InChI=1S/C13H23N2.CH4/c1-8-9(2)13(5,6)15-11(4)10(3)14(7)12(8)15;/h10-11H,1-7H3;1H4/q+1;. The van der Waals surface area contributed by atoms with Crippen molar-refractivity contribution in [2.45, 2.75) is 66.6 Å². The fourth-order valence-electron chi connectivity index (χ4n) is 3.12. The molecule has 2 rings (SSSR count). The van der Waals surface area contributed by atoms with E-state index in [9.17, 15) is 0 Å². The summed E-state index contributed by atoms with van der Waals surface area (Å²) in [4.78, 5) is 2.59. The van der Waals surface area contributed by atoms with Gasteiger partial charge in [0, 0.05) is 5.57 Å². The molecule has 0 bridgehead atoms. The van der Waals surface area contributed by atoms with Crippen LogP contribution >= 0.6 is 0 Å². The monoisotopic (exact) mass is 223 g/mol. The molecule has 0 fully saturated rings. The highest BCUT2D eigenvalue weighted by atomic mass is 15.4. The Bertz CT molecular complexity index is 374. The first-order valence-electron chi connectivity index (χ1n) is 5.87. The van der Waals surface area contributed by atoms with Crippen LogP contribution in [0.25, 0.3) is 0 Å². The maximum atomic E-state index is 2.59. The summed E-state index contributed by atoms with van der Waals surface area (Å²) in [7, 11) is 2.22. The molecule has 0 aromatic carbocycles. The van der Waals surface area contributed by atoms with E-state index in [2.05, 4.69) is 58.1 Å². The van der Waals surface area contributed by atoms with Gasteiger partial charge >= 0.3 is 0 Å². The zero-order valence-electron chi connectivity index (χ0n) is 11.0. The van der Waals surface area contributed by atoms with Crippen LogP contribution in [-0.4, -0.2) is 40.0 Å². The first-order valence-corrected chi connectivity index (χ1v) is 5.87. The minimum atomic E-state index is 0. The molecule has 0 saturated carbocycles. The Balaban J connectivity index is 0.00000128. The minimum Gasteiger partial charge on any atom is -0.258 e. The third kappa shape index (κ3) is 1.28. The third-order valence-corrected chi connectivity index (χ3v) is 4.70. The number of nitrogens with zero attached hydrogens (tertiary/aromatic N) is 2. The van der Waals surface area contributed by atoms with E-state index in [1.54, 1.807) is 0 Å². The summed E-state index contributed by atoms with van der Waals surface area (Å²) < 4.78 is 2.43. The minimum absolute atomic E-state index is 0. The maximum Gasteiger partial charge on any atom is 0.276 e. The molecule has 0 radical (unpaired) electrons. The summed E-state index contributed by atoms with van der Waals surface area (Å²) in [5.41, 5.74) is 3.18. The lowest BCUT2D eigenvalue weighted by Crippen LogP contribution is -2.47. The van der Waals surface area contributed by atoms with Crippen LogP contribution in [-0.2, 0) is 0 Å². The van der Waals surface area contributed by atoms with Crippen LogP contribution in [0.3, 0.4) is 0 Å². The molecule has 92 valence electrons. The smallest absolute Gasteiger partial charge is 0.258 e. The van der Waals surface area contributed by atoms with Gasteiger partial charge in [0.05, 0.1) is 7.05 Å². The average Bonchev–Trinajstić information content (AvgIpc) is 2.49. The predicted octanol–water partition coefficient (Wildman–Crippen LogP) is 2.88. The van der Waals surface area contributed by atoms with Crippen LogP contribution < -0.4 is 0 Å². The van der Waals surface area contributed by atoms with Crippen LogP contribution in [0.4, 0.5) is 0 Å². The lowest BCUT2D eigenvalue weighted by atomic mass is 9.93. The van der Waals surface area contributed by atoms with E-state index in [1.165, 1.54) is 17.0 Å². The molecule has 2 nitrogen and oxygen atoms in total. The highest BCUT2D eigenvalue weighted by molar-refractivity contribution is 5.99. The first kappa shape index (κ1) is 13.3. The van der Waals surface area contributed by atoms with Gasteiger partial charge in [0.25, 0.3) is 5.84 Å². The number of hydrogen-bond donors (Lipinski definition) is 0. The van der Waals surface area contributed by atoms with Crippen LogP contribution in [0.5, 0.6) is 0 Å². The van der Waals surface area contributed by atoms with Gasteiger partial charge in [-0.1, -0.05) is 7.43 Å². The molecule has 16 heavy (non-hydrogen) atoms. The number of hydrogen-bond acceptors (Lipinski definition) is 1. The lowest BCUT2D eigenvalue weighted by Gasteiger charge is -2.30. The van der Waals surface area contributed by atoms with Gasteiger partial charge in [-0.05, 0) is 47.1 Å².